The van der Waals surface area contributed by atoms with E-state index in [1.165, 1.54) is 0 Å². The lowest BCUT2D eigenvalue weighted by atomic mass is 10.1. The Hall–Kier alpha value is -2.36. The maximum Gasteiger partial charge on any atom is 0.282 e. The summed E-state index contributed by atoms with van der Waals surface area (Å²) in [6.45, 7) is 3.99. The van der Waals surface area contributed by atoms with Crippen LogP contribution in [0.1, 0.15) is 25.5 Å². The minimum Gasteiger partial charge on any atom is -0.330 e. The Morgan fingerprint density at radius 1 is 0.960 bits per heavy atom. The number of hydrogen-bond acceptors (Lipinski definition) is 1. The van der Waals surface area contributed by atoms with Gasteiger partial charge in [-0.05, 0) is 48.9 Å². The average molecular weight is 354 g/mol. The number of rotatable bonds is 5. The van der Waals surface area contributed by atoms with Crippen molar-refractivity contribution in [3.05, 3.63) is 77.3 Å². The number of benzene rings is 3. The molecule has 0 aromatic heterocycles. The highest BCUT2D eigenvalue weighted by Gasteiger charge is 2.20. The maximum absolute atomic E-state index is 12.5. The van der Waals surface area contributed by atoms with Crippen LogP contribution in [0, 0.1) is 0 Å². The highest BCUT2D eigenvalue weighted by molar-refractivity contribution is 6.30. The molecule has 128 valence electrons. The number of halogens is 1. The van der Waals surface area contributed by atoms with E-state index in [0.717, 1.165) is 22.0 Å². The van der Waals surface area contributed by atoms with Gasteiger partial charge in [0.1, 0.15) is 6.04 Å². The molecular weight excluding hydrogens is 332 g/mol. The lowest BCUT2D eigenvalue weighted by Gasteiger charge is -2.17. The second-order valence-corrected chi connectivity index (χ2v) is 6.81. The van der Waals surface area contributed by atoms with Crippen molar-refractivity contribution in [2.45, 2.75) is 25.9 Å². The molecule has 4 heteroatoms. The third-order valence-electron chi connectivity index (χ3n) is 4.38. The SMILES string of the molecule is C[C@@H]([NH2+][C@H](C)c1cccc(Cl)c1)C(=O)Nc1ccc2ccccc2c1. The Balaban J connectivity index is 1.65. The molecular formula is C21H22ClN2O+. The molecule has 3 N–H and O–H groups in total. The van der Waals surface area contributed by atoms with Crippen LogP contribution in [0.5, 0.6) is 0 Å². The van der Waals surface area contributed by atoms with Gasteiger partial charge in [0.25, 0.3) is 5.91 Å². The topological polar surface area (TPSA) is 45.7 Å². The van der Waals surface area contributed by atoms with Crippen LogP contribution in [0.15, 0.2) is 66.7 Å². The van der Waals surface area contributed by atoms with Gasteiger partial charge in [-0.15, -0.1) is 0 Å². The van der Waals surface area contributed by atoms with Gasteiger partial charge in [0.15, 0.2) is 6.04 Å². The minimum absolute atomic E-state index is 0.0100. The van der Waals surface area contributed by atoms with E-state index in [4.69, 9.17) is 11.6 Å². The fourth-order valence-corrected chi connectivity index (χ4v) is 3.14. The smallest absolute Gasteiger partial charge is 0.282 e. The summed E-state index contributed by atoms with van der Waals surface area (Å²) in [4.78, 5) is 12.5. The molecule has 0 aliphatic rings. The van der Waals surface area contributed by atoms with Gasteiger partial charge in [-0.1, -0.05) is 54.1 Å². The molecule has 3 aromatic carbocycles. The predicted molar refractivity (Wildman–Crippen MR) is 104 cm³/mol. The van der Waals surface area contributed by atoms with Crippen LogP contribution in [0.4, 0.5) is 5.69 Å². The fraction of sp³-hybridized carbons (Fsp3) is 0.190. The van der Waals surface area contributed by atoms with Gasteiger partial charge in [-0.2, -0.15) is 0 Å². The fourth-order valence-electron chi connectivity index (χ4n) is 2.94. The molecule has 0 saturated heterocycles. The molecule has 0 aliphatic carbocycles. The number of carbonyl (C=O) groups excluding carboxylic acids is 1. The van der Waals surface area contributed by atoms with Crippen molar-refractivity contribution in [3.63, 3.8) is 0 Å². The number of amides is 1. The van der Waals surface area contributed by atoms with Crippen LogP contribution in [0.25, 0.3) is 10.8 Å². The van der Waals surface area contributed by atoms with E-state index < -0.39 is 0 Å². The summed E-state index contributed by atoms with van der Waals surface area (Å²) in [6.07, 6.45) is 0. The Morgan fingerprint density at radius 2 is 1.72 bits per heavy atom. The molecule has 2 atom stereocenters. The van der Waals surface area contributed by atoms with Crippen molar-refractivity contribution in [3.8, 4) is 0 Å². The molecule has 0 unspecified atom stereocenters. The number of fused-ring (bicyclic) bond motifs is 1. The van der Waals surface area contributed by atoms with Gasteiger partial charge in [0, 0.05) is 16.3 Å². The monoisotopic (exact) mass is 353 g/mol. The van der Waals surface area contributed by atoms with Crippen LogP contribution in [-0.4, -0.2) is 11.9 Å². The van der Waals surface area contributed by atoms with E-state index >= 15 is 0 Å². The Labute approximate surface area is 153 Å². The molecule has 0 saturated carbocycles. The zero-order valence-electron chi connectivity index (χ0n) is 14.4. The first-order valence-electron chi connectivity index (χ1n) is 8.43. The van der Waals surface area contributed by atoms with Crippen LogP contribution in [0.3, 0.4) is 0 Å². The van der Waals surface area contributed by atoms with E-state index in [1.807, 2.05) is 72.9 Å². The second kappa shape index (κ2) is 7.68. The summed E-state index contributed by atoms with van der Waals surface area (Å²) >= 11 is 6.05. The van der Waals surface area contributed by atoms with Crippen LogP contribution >= 0.6 is 11.6 Å². The lowest BCUT2D eigenvalue weighted by Crippen LogP contribution is -2.91. The lowest BCUT2D eigenvalue weighted by molar-refractivity contribution is -0.709. The summed E-state index contributed by atoms with van der Waals surface area (Å²) in [5, 5.41) is 8.04. The van der Waals surface area contributed by atoms with Gasteiger partial charge in [-0.3, -0.25) is 4.79 Å². The molecule has 0 spiro atoms. The Kier molecular flexibility index (Phi) is 5.37. The molecule has 0 heterocycles. The number of anilines is 1. The molecule has 3 nitrogen and oxygen atoms in total. The quantitative estimate of drug-likeness (QED) is 0.711. The third kappa shape index (κ3) is 4.38. The van der Waals surface area contributed by atoms with Crippen molar-refractivity contribution in [2.75, 3.05) is 5.32 Å². The Bertz CT molecular complexity index is 894. The zero-order chi connectivity index (χ0) is 17.8. The normalized spacial score (nSPS) is 13.4. The van der Waals surface area contributed by atoms with E-state index in [9.17, 15) is 4.79 Å². The van der Waals surface area contributed by atoms with Gasteiger partial charge < -0.3 is 10.6 Å². The zero-order valence-corrected chi connectivity index (χ0v) is 15.1. The van der Waals surface area contributed by atoms with E-state index in [0.29, 0.717) is 5.02 Å². The standard InChI is InChI=1S/C21H21ClN2O/c1-14(17-8-5-9-19(22)12-17)23-15(2)21(25)24-20-11-10-16-6-3-4-7-18(16)13-20/h3-15,23H,1-2H3,(H,24,25)/p+1/t14-,15-/m1/s1. The first kappa shape index (κ1) is 17.5. The summed E-state index contributed by atoms with van der Waals surface area (Å²) in [5.74, 6) is -0.0100. The van der Waals surface area contributed by atoms with Crippen LogP contribution < -0.4 is 10.6 Å². The molecule has 3 rings (SSSR count). The van der Waals surface area contributed by atoms with Gasteiger partial charge in [-0.25, -0.2) is 0 Å². The summed E-state index contributed by atoms with van der Waals surface area (Å²) in [5.41, 5.74) is 1.93. The number of hydrogen-bond donors (Lipinski definition) is 2. The van der Waals surface area contributed by atoms with Crippen LogP contribution in [-0.2, 0) is 4.79 Å². The van der Waals surface area contributed by atoms with E-state index in [1.54, 1.807) is 0 Å². The minimum atomic E-state index is -0.208. The first-order valence-corrected chi connectivity index (χ1v) is 8.81. The van der Waals surface area contributed by atoms with Crippen molar-refractivity contribution in [1.82, 2.24) is 0 Å². The molecule has 0 fully saturated rings. The first-order chi connectivity index (χ1) is 12.0. The summed E-state index contributed by atoms with van der Waals surface area (Å²) in [7, 11) is 0. The molecule has 0 aliphatic heterocycles. The van der Waals surface area contributed by atoms with E-state index in [2.05, 4.69) is 18.3 Å². The molecule has 0 radical (unpaired) electrons. The average Bonchev–Trinajstić information content (AvgIpc) is 2.61. The van der Waals surface area contributed by atoms with Gasteiger partial charge in [0.05, 0.1) is 0 Å². The predicted octanol–water partition coefficient (Wildman–Crippen LogP) is 4.14. The number of carbonyl (C=O) groups is 1. The van der Waals surface area contributed by atoms with Crippen LogP contribution in [0.2, 0.25) is 5.02 Å². The molecule has 0 bridgehead atoms. The van der Waals surface area contributed by atoms with Gasteiger partial charge >= 0.3 is 0 Å². The highest BCUT2D eigenvalue weighted by atomic mass is 35.5. The van der Waals surface area contributed by atoms with Crippen molar-refractivity contribution in [2.24, 2.45) is 0 Å². The second-order valence-electron chi connectivity index (χ2n) is 6.38. The highest BCUT2D eigenvalue weighted by Crippen LogP contribution is 2.19. The van der Waals surface area contributed by atoms with E-state index in [-0.39, 0.29) is 18.0 Å². The largest absolute Gasteiger partial charge is 0.330 e. The van der Waals surface area contributed by atoms with Crippen molar-refractivity contribution >= 4 is 34.0 Å². The molecule has 3 aromatic rings. The number of nitrogens with one attached hydrogen (secondary N) is 1. The molecule has 25 heavy (non-hydrogen) atoms. The van der Waals surface area contributed by atoms with Crippen molar-refractivity contribution < 1.29 is 10.1 Å². The summed E-state index contributed by atoms with van der Waals surface area (Å²) < 4.78 is 0. The number of nitrogens with two attached hydrogens (primary N) is 1. The van der Waals surface area contributed by atoms with Crippen molar-refractivity contribution in [1.29, 1.82) is 0 Å². The number of quaternary nitrogens is 1. The third-order valence-corrected chi connectivity index (χ3v) is 4.62. The Morgan fingerprint density at radius 3 is 2.48 bits per heavy atom. The van der Waals surface area contributed by atoms with Gasteiger partial charge in [0.2, 0.25) is 0 Å². The molecule has 1 amide bonds. The maximum atomic E-state index is 12.5. The summed E-state index contributed by atoms with van der Waals surface area (Å²) in [6, 6.07) is 21.8.